The Labute approximate surface area is 80.0 Å². The lowest BCUT2D eigenvalue weighted by Crippen LogP contribution is -1.78. The van der Waals surface area contributed by atoms with Gasteiger partial charge in [0, 0.05) is 9.51 Å². The minimum absolute atomic E-state index is 0.794. The molecule has 1 aromatic carbocycles. The predicted molar refractivity (Wildman–Crippen MR) is 54.2 cm³/mol. The van der Waals surface area contributed by atoms with Gasteiger partial charge in [0.25, 0.3) is 0 Å². The van der Waals surface area contributed by atoms with Crippen LogP contribution < -0.4 is 0 Å². The Morgan fingerprint density at radius 2 is 2.18 bits per heavy atom. The van der Waals surface area contributed by atoms with Crippen LogP contribution in [0.4, 0.5) is 0 Å². The van der Waals surface area contributed by atoms with E-state index in [1.165, 1.54) is 0 Å². The van der Waals surface area contributed by atoms with Crippen LogP contribution in [0.15, 0.2) is 24.8 Å². The molecular weight excluding hydrogens is 223 g/mol. The molecule has 0 fully saturated rings. The van der Waals surface area contributed by atoms with Crippen LogP contribution in [0.1, 0.15) is 11.1 Å². The van der Waals surface area contributed by atoms with Crippen molar-refractivity contribution in [1.82, 2.24) is 0 Å². The second kappa shape index (κ2) is 3.42. The lowest BCUT2D eigenvalue weighted by molar-refractivity contribution is 1.46. The first kappa shape index (κ1) is 8.82. The highest BCUT2D eigenvalue weighted by Crippen LogP contribution is 2.23. The van der Waals surface area contributed by atoms with Crippen molar-refractivity contribution in [3.63, 3.8) is 0 Å². The maximum Gasteiger partial charge on any atom is 0.0435 e. The Hall–Kier alpha value is -0.270. The molecule has 0 aliphatic heterocycles. The van der Waals surface area contributed by atoms with Crippen LogP contribution in [-0.2, 0) is 0 Å². The van der Waals surface area contributed by atoms with Gasteiger partial charge >= 0.3 is 0 Å². The quantitative estimate of drug-likeness (QED) is 0.685. The smallest absolute Gasteiger partial charge is 0.0435 e. The van der Waals surface area contributed by atoms with E-state index in [1.54, 1.807) is 0 Å². The number of aryl methyl sites for hydroxylation is 1. The first-order valence-corrected chi connectivity index (χ1v) is 4.39. The van der Waals surface area contributed by atoms with Crippen molar-refractivity contribution in [2.45, 2.75) is 6.92 Å². The molecule has 1 aromatic rings. The van der Waals surface area contributed by atoms with Gasteiger partial charge in [-0.25, -0.2) is 0 Å². The van der Waals surface area contributed by atoms with Crippen LogP contribution >= 0.6 is 27.5 Å². The fourth-order valence-electron chi connectivity index (χ4n) is 0.813. The van der Waals surface area contributed by atoms with Crippen LogP contribution in [0.5, 0.6) is 0 Å². The van der Waals surface area contributed by atoms with Gasteiger partial charge < -0.3 is 0 Å². The van der Waals surface area contributed by atoms with Crippen molar-refractivity contribution >= 4 is 32.0 Å². The lowest BCUT2D eigenvalue weighted by Gasteiger charge is -2.00. The normalized spacial score (nSPS) is 9.73. The summed E-state index contributed by atoms with van der Waals surface area (Å²) < 4.78 is 0.886. The van der Waals surface area contributed by atoms with E-state index in [4.69, 9.17) is 11.6 Å². The lowest BCUT2D eigenvalue weighted by atomic mass is 10.1. The van der Waals surface area contributed by atoms with E-state index in [-0.39, 0.29) is 0 Å². The molecule has 11 heavy (non-hydrogen) atoms. The Bertz CT molecular complexity index is 292. The molecule has 1 rings (SSSR count). The number of hydrogen-bond donors (Lipinski definition) is 0. The van der Waals surface area contributed by atoms with Crippen LogP contribution in [0, 0.1) is 6.92 Å². The molecule has 0 atom stereocenters. The van der Waals surface area contributed by atoms with E-state index < -0.39 is 0 Å². The number of benzene rings is 1. The van der Waals surface area contributed by atoms with Gasteiger partial charge in [0.2, 0.25) is 0 Å². The summed E-state index contributed by atoms with van der Waals surface area (Å²) >= 11 is 9.14. The van der Waals surface area contributed by atoms with Crippen molar-refractivity contribution in [2.24, 2.45) is 0 Å². The third-order valence-electron chi connectivity index (χ3n) is 1.47. The monoisotopic (exact) mass is 230 g/mol. The topological polar surface area (TPSA) is 0 Å². The summed E-state index contributed by atoms with van der Waals surface area (Å²) in [6.07, 6.45) is 0. The SMILES string of the molecule is C=C(Br)c1ccc(Cl)c(C)c1. The van der Waals surface area contributed by atoms with Crippen LogP contribution in [-0.4, -0.2) is 0 Å². The van der Waals surface area contributed by atoms with Crippen molar-refractivity contribution in [2.75, 3.05) is 0 Å². The second-order valence-corrected chi connectivity index (χ2v) is 3.73. The van der Waals surface area contributed by atoms with E-state index in [0.29, 0.717) is 0 Å². The molecule has 0 saturated carbocycles. The van der Waals surface area contributed by atoms with E-state index >= 15 is 0 Å². The van der Waals surface area contributed by atoms with E-state index in [2.05, 4.69) is 22.5 Å². The third kappa shape index (κ3) is 2.08. The number of halogens is 2. The predicted octanol–water partition coefficient (Wildman–Crippen LogP) is 4.01. The van der Waals surface area contributed by atoms with E-state index in [9.17, 15) is 0 Å². The average Bonchev–Trinajstić information content (AvgIpc) is 1.94. The molecule has 0 nitrogen and oxygen atoms in total. The maximum absolute atomic E-state index is 5.84. The van der Waals surface area contributed by atoms with Crippen molar-refractivity contribution in [1.29, 1.82) is 0 Å². The van der Waals surface area contributed by atoms with Gasteiger partial charge in [0.1, 0.15) is 0 Å². The number of rotatable bonds is 1. The molecule has 0 saturated heterocycles. The summed E-state index contributed by atoms with van der Waals surface area (Å²) in [6, 6.07) is 5.81. The van der Waals surface area contributed by atoms with Crippen molar-refractivity contribution in [3.05, 3.63) is 40.9 Å². The van der Waals surface area contributed by atoms with E-state index in [0.717, 1.165) is 20.6 Å². The summed E-state index contributed by atoms with van der Waals surface area (Å²) in [5, 5.41) is 0.794. The largest absolute Gasteiger partial charge is 0.0841 e. The fraction of sp³-hybridized carbons (Fsp3) is 0.111. The van der Waals surface area contributed by atoms with Gasteiger partial charge in [-0.05, 0) is 30.2 Å². The van der Waals surface area contributed by atoms with Gasteiger partial charge in [-0.1, -0.05) is 40.2 Å². The Balaban J connectivity index is 3.15. The van der Waals surface area contributed by atoms with Crippen LogP contribution in [0.2, 0.25) is 5.02 Å². The highest BCUT2D eigenvalue weighted by molar-refractivity contribution is 9.15. The van der Waals surface area contributed by atoms with E-state index in [1.807, 2.05) is 25.1 Å². The standard InChI is InChI=1S/C9H8BrCl/c1-6-5-8(7(2)10)3-4-9(6)11/h3-5H,2H2,1H3. The van der Waals surface area contributed by atoms with Crippen molar-refractivity contribution < 1.29 is 0 Å². The second-order valence-electron chi connectivity index (χ2n) is 2.37. The van der Waals surface area contributed by atoms with Gasteiger partial charge in [-0.15, -0.1) is 0 Å². The zero-order chi connectivity index (χ0) is 8.43. The maximum atomic E-state index is 5.84. The van der Waals surface area contributed by atoms with Crippen LogP contribution in [0.3, 0.4) is 0 Å². The Morgan fingerprint density at radius 1 is 1.55 bits per heavy atom. The molecule has 0 aliphatic carbocycles. The van der Waals surface area contributed by atoms with Crippen LogP contribution in [0.25, 0.3) is 4.48 Å². The molecule has 0 amide bonds. The van der Waals surface area contributed by atoms with Gasteiger partial charge in [0.05, 0.1) is 0 Å². The molecule has 0 heterocycles. The first-order valence-electron chi connectivity index (χ1n) is 3.22. The molecule has 0 radical (unpaired) electrons. The minimum Gasteiger partial charge on any atom is -0.0841 e. The van der Waals surface area contributed by atoms with Gasteiger partial charge in [-0.2, -0.15) is 0 Å². The minimum atomic E-state index is 0.794. The molecule has 0 unspecified atom stereocenters. The summed E-state index contributed by atoms with van der Waals surface area (Å²) in [5.74, 6) is 0. The highest BCUT2D eigenvalue weighted by Gasteiger charge is 1.97. The molecular formula is C9H8BrCl. The summed E-state index contributed by atoms with van der Waals surface area (Å²) in [5.41, 5.74) is 2.15. The summed E-state index contributed by atoms with van der Waals surface area (Å²) in [6.45, 7) is 5.74. The third-order valence-corrected chi connectivity index (χ3v) is 2.35. The first-order chi connectivity index (χ1) is 5.11. The molecule has 0 spiro atoms. The zero-order valence-electron chi connectivity index (χ0n) is 6.20. The molecule has 0 aliphatic rings. The summed E-state index contributed by atoms with van der Waals surface area (Å²) in [7, 11) is 0. The Morgan fingerprint density at radius 3 is 2.64 bits per heavy atom. The highest BCUT2D eigenvalue weighted by atomic mass is 79.9. The summed E-state index contributed by atoms with van der Waals surface area (Å²) in [4.78, 5) is 0. The molecule has 0 aromatic heterocycles. The molecule has 0 bridgehead atoms. The fourth-order valence-corrected chi connectivity index (χ4v) is 1.18. The average molecular weight is 232 g/mol. The number of hydrogen-bond acceptors (Lipinski definition) is 0. The van der Waals surface area contributed by atoms with Gasteiger partial charge in [-0.3, -0.25) is 0 Å². The van der Waals surface area contributed by atoms with Crippen molar-refractivity contribution in [3.8, 4) is 0 Å². The molecule has 58 valence electrons. The zero-order valence-corrected chi connectivity index (χ0v) is 8.54. The molecule has 0 N–H and O–H groups in total. The van der Waals surface area contributed by atoms with Gasteiger partial charge in [0.15, 0.2) is 0 Å². The Kier molecular flexibility index (Phi) is 2.74. The molecule has 2 heteroatoms.